The Labute approximate surface area is 116 Å². The molecule has 1 heterocycles. The summed E-state index contributed by atoms with van der Waals surface area (Å²) in [5.41, 5.74) is -0.652. The molecule has 0 spiro atoms. The number of hydrogen-bond acceptors (Lipinski definition) is 3. The average Bonchev–Trinajstić information content (AvgIpc) is 2.40. The summed E-state index contributed by atoms with van der Waals surface area (Å²) in [6.45, 7) is 6.30. The van der Waals surface area contributed by atoms with Gasteiger partial charge in [0.2, 0.25) is 0 Å². The first kappa shape index (κ1) is 15.1. The Balaban J connectivity index is 1.79. The molecule has 1 aromatic carbocycles. The van der Waals surface area contributed by atoms with E-state index in [1.54, 1.807) is 0 Å². The van der Waals surface area contributed by atoms with E-state index in [-0.39, 0.29) is 0 Å². The van der Waals surface area contributed by atoms with Gasteiger partial charge in [0.15, 0.2) is 0 Å². The standard InChI is InChI=1S/C14H19F3N2O/c1-11-10-18-6-7-19(11)8-9-20-13-4-2-12(3-5-13)14(15,16)17/h2-5,11,18H,6-10H2,1H3/t11-/m1/s1. The lowest BCUT2D eigenvalue weighted by Crippen LogP contribution is -2.50. The van der Waals surface area contributed by atoms with Crippen LogP contribution >= 0.6 is 0 Å². The molecule has 1 aromatic rings. The Morgan fingerprint density at radius 3 is 2.60 bits per heavy atom. The zero-order valence-electron chi connectivity index (χ0n) is 11.4. The smallest absolute Gasteiger partial charge is 0.416 e. The fourth-order valence-electron chi connectivity index (χ4n) is 2.24. The second-order valence-electron chi connectivity index (χ2n) is 4.96. The molecular weight excluding hydrogens is 269 g/mol. The van der Waals surface area contributed by atoms with Crippen LogP contribution in [0.3, 0.4) is 0 Å². The van der Waals surface area contributed by atoms with Gasteiger partial charge in [-0.1, -0.05) is 0 Å². The van der Waals surface area contributed by atoms with Crippen molar-refractivity contribution in [2.45, 2.75) is 19.1 Å². The minimum Gasteiger partial charge on any atom is -0.492 e. The van der Waals surface area contributed by atoms with Gasteiger partial charge in [-0.3, -0.25) is 4.90 Å². The Kier molecular flexibility index (Phi) is 4.88. The van der Waals surface area contributed by atoms with Gasteiger partial charge in [0.05, 0.1) is 5.56 Å². The Morgan fingerprint density at radius 1 is 1.30 bits per heavy atom. The minimum atomic E-state index is -4.30. The second-order valence-corrected chi connectivity index (χ2v) is 4.96. The summed E-state index contributed by atoms with van der Waals surface area (Å²) in [6.07, 6.45) is -4.30. The van der Waals surface area contributed by atoms with Crippen LogP contribution in [-0.4, -0.2) is 43.7 Å². The number of nitrogens with zero attached hydrogens (tertiary/aromatic N) is 1. The van der Waals surface area contributed by atoms with E-state index in [0.29, 0.717) is 18.4 Å². The molecule has 0 aromatic heterocycles. The number of piperazine rings is 1. The zero-order chi connectivity index (χ0) is 14.6. The summed E-state index contributed by atoms with van der Waals surface area (Å²) in [5.74, 6) is 0.473. The van der Waals surface area contributed by atoms with E-state index in [0.717, 1.165) is 38.3 Å². The van der Waals surface area contributed by atoms with Crippen LogP contribution in [-0.2, 0) is 6.18 Å². The summed E-state index contributed by atoms with van der Waals surface area (Å²) in [4.78, 5) is 2.31. The van der Waals surface area contributed by atoms with Crippen LogP contribution in [0.2, 0.25) is 0 Å². The maximum atomic E-state index is 12.4. The number of benzene rings is 1. The quantitative estimate of drug-likeness (QED) is 0.920. The van der Waals surface area contributed by atoms with E-state index in [1.807, 2.05) is 0 Å². The highest BCUT2D eigenvalue weighted by Gasteiger charge is 2.30. The van der Waals surface area contributed by atoms with Crippen LogP contribution in [0.1, 0.15) is 12.5 Å². The molecule has 0 radical (unpaired) electrons. The lowest BCUT2D eigenvalue weighted by Gasteiger charge is -2.33. The van der Waals surface area contributed by atoms with Crippen molar-refractivity contribution in [3.8, 4) is 5.75 Å². The lowest BCUT2D eigenvalue weighted by molar-refractivity contribution is -0.137. The highest BCUT2D eigenvalue weighted by molar-refractivity contribution is 5.28. The van der Waals surface area contributed by atoms with Gasteiger partial charge < -0.3 is 10.1 Å². The molecule has 1 aliphatic heterocycles. The van der Waals surface area contributed by atoms with E-state index >= 15 is 0 Å². The normalized spacial score (nSPS) is 20.9. The molecule has 3 nitrogen and oxygen atoms in total. The third-order valence-electron chi connectivity index (χ3n) is 3.47. The Morgan fingerprint density at radius 2 is 2.00 bits per heavy atom. The van der Waals surface area contributed by atoms with Crippen molar-refractivity contribution in [2.24, 2.45) is 0 Å². The molecule has 112 valence electrons. The fourth-order valence-corrected chi connectivity index (χ4v) is 2.24. The van der Waals surface area contributed by atoms with Gasteiger partial charge in [-0.05, 0) is 31.2 Å². The van der Waals surface area contributed by atoms with Crippen molar-refractivity contribution >= 4 is 0 Å². The molecule has 2 rings (SSSR count). The molecule has 1 aliphatic rings. The van der Waals surface area contributed by atoms with Gasteiger partial charge in [-0.15, -0.1) is 0 Å². The van der Waals surface area contributed by atoms with Crippen molar-refractivity contribution in [2.75, 3.05) is 32.8 Å². The Bertz CT molecular complexity index is 419. The first-order chi connectivity index (χ1) is 9.47. The van der Waals surface area contributed by atoms with Crippen LogP contribution in [0, 0.1) is 0 Å². The molecule has 0 saturated carbocycles. The van der Waals surface area contributed by atoms with E-state index in [2.05, 4.69) is 17.1 Å². The van der Waals surface area contributed by atoms with Gasteiger partial charge in [0.1, 0.15) is 12.4 Å². The fraction of sp³-hybridized carbons (Fsp3) is 0.571. The van der Waals surface area contributed by atoms with Crippen LogP contribution in [0.5, 0.6) is 5.75 Å². The molecule has 0 bridgehead atoms. The van der Waals surface area contributed by atoms with Crippen LogP contribution in [0.25, 0.3) is 0 Å². The van der Waals surface area contributed by atoms with Crippen molar-refractivity contribution in [3.63, 3.8) is 0 Å². The van der Waals surface area contributed by atoms with Gasteiger partial charge >= 0.3 is 6.18 Å². The summed E-state index contributed by atoms with van der Waals surface area (Å²) in [5, 5.41) is 3.30. The summed E-state index contributed by atoms with van der Waals surface area (Å²) >= 11 is 0. The average molecular weight is 288 g/mol. The molecule has 1 saturated heterocycles. The molecule has 20 heavy (non-hydrogen) atoms. The molecule has 0 amide bonds. The molecule has 1 atom stereocenters. The predicted octanol–water partition coefficient (Wildman–Crippen LogP) is 2.38. The van der Waals surface area contributed by atoms with Gasteiger partial charge in [-0.25, -0.2) is 0 Å². The van der Waals surface area contributed by atoms with E-state index in [9.17, 15) is 13.2 Å². The zero-order valence-corrected chi connectivity index (χ0v) is 11.4. The molecule has 1 N–H and O–H groups in total. The van der Waals surface area contributed by atoms with Crippen LogP contribution < -0.4 is 10.1 Å². The molecular formula is C14H19F3N2O. The topological polar surface area (TPSA) is 24.5 Å². The number of ether oxygens (including phenoxy) is 1. The monoisotopic (exact) mass is 288 g/mol. The van der Waals surface area contributed by atoms with Crippen molar-refractivity contribution in [1.82, 2.24) is 10.2 Å². The first-order valence-corrected chi connectivity index (χ1v) is 6.71. The van der Waals surface area contributed by atoms with Gasteiger partial charge in [0, 0.05) is 32.2 Å². The molecule has 1 fully saturated rings. The summed E-state index contributed by atoms with van der Waals surface area (Å²) < 4.78 is 42.7. The van der Waals surface area contributed by atoms with Crippen LogP contribution in [0.4, 0.5) is 13.2 Å². The lowest BCUT2D eigenvalue weighted by atomic mass is 10.2. The third kappa shape index (κ3) is 4.11. The maximum Gasteiger partial charge on any atom is 0.416 e. The minimum absolute atomic E-state index is 0.458. The number of nitrogens with one attached hydrogen (secondary N) is 1. The predicted molar refractivity (Wildman–Crippen MR) is 70.8 cm³/mol. The van der Waals surface area contributed by atoms with Crippen molar-refractivity contribution in [1.29, 1.82) is 0 Å². The second kappa shape index (κ2) is 6.45. The van der Waals surface area contributed by atoms with Crippen LogP contribution in [0.15, 0.2) is 24.3 Å². The maximum absolute atomic E-state index is 12.4. The number of hydrogen-bond donors (Lipinski definition) is 1. The number of rotatable bonds is 4. The summed E-state index contributed by atoms with van der Waals surface area (Å²) in [6, 6.07) is 5.28. The van der Waals surface area contributed by atoms with Crippen molar-refractivity contribution < 1.29 is 17.9 Å². The number of halogens is 3. The highest BCUT2D eigenvalue weighted by Crippen LogP contribution is 2.30. The van der Waals surface area contributed by atoms with E-state index < -0.39 is 11.7 Å². The Hall–Kier alpha value is -1.27. The van der Waals surface area contributed by atoms with E-state index in [4.69, 9.17) is 4.74 Å². The highest BCUT2D eigenvalue weighted by atomic mass is 19.4. The summed E-state index contributed by atoms with van der Waals surface area (Å²) in [7, 11) is 0. The third-order valence-corrected chi connectivity index (χ3v) is 3.47. The SMILES string of the molecule is C[C@@H]1CNCCN1CCOc1ccc(C(F)(F)F)cc1. The van der Waals surface area contributed by atoms with Crippen molar-refractivity contribution in [3.05, 3.63) is 29.8 Å². The number of alkyl halides is 3. The van der Waals surface area contributed by atoms with Gasteiger partial charge in [-0.2, -0.15) is 13.2 Å². The molecule has 0 aliphatic carbocycles. The van der Waals surface area contributed by atoms with E-state index in [1.165, 1.54) is 12.1 Å². The van der Waals surface area contributed by atoms with Gasteiger partial charge in [0.25, 0.3) is 0 Å². The first-order valence-electron chi connectivity index (χ1n) is 6.71. The molecule has 6 heteroatoms. The molecule has 0 unspecified atom stereocenters. The largest absolute Gasteiger partial charge is 0.492 e.